The SMILES string of the molecule is NC(=O)c1cc(-n2cc3cc(C(=O)O)ccc3n2)ccc1N1CCCCC1. The first-order valence-corrected chi connectivity index (χ1v) is 8.95. The van der Waals surface area contributed by atoms with Gasteiger partial charge >= 0.3 is 5.97 Å². The van der Waals surface area contributed by atoms with Gasteiger partial charge in [0, 0.05) is 30.4 Å². The van der Waals surface area contributed by atoms with Gasteiger partial charge in [-0.2, -0.15) is 5.10 Å². The summed E-state index contributed by atoms with van der Waals surface area (Å²) in [6.07, 6.45) is 5.17. The molecule has 0 unspecified atom stereocenters. The average Bonchev–Trinajstić information content (AvgIpc) is 3.11. The molecule has 0 atom stereocenters. The van der Waals surface area contributed by atoms with Gasteiger partial charge in [-0.05, 0) is 55.7 Å². The van der Waals surface area contributed by atoms with Crippen molar-refractivity contribution in [2.45, 2.75) is 19.3 Å². The van der Waals surface area contributed by atoms with Crippen molar-refractivity contribution in [1.82, 2.24) is 9.78 Å². The summed E-state index contributed by atoms with van der Waals surface area (Å²) in [6, 6.07) is 10.3. The number of aromatic carboxylic acids is 1. The fourth-order valence-corrected chi connectivity index (χ4v) is 3.57. The maximum Gasteiger partial charge on any atom is 0.335 e. The zero-order valence-electron chi connectivity index (χ0n) is 14.8. The molecule has 0 aliphatic carbocycles. The predicted octanol–water partition coefficient (Wildman–Crippen LogP) is 2.81. The normalized spacial score (nSPS) is 14.4. The van der Waals surface area contributed by atoms with Crippen LogP contribution >= 0.6 is 0 Å². The Morgan fingerprint density at radius 3 is 2.52 bits per heavy atom. The molecule has 7 nitrogen and oxygen atoms in total. The summed E-state index contributed by atoms with van der Waals surface area (Å²) in [5, 5.41) is 14.3. The largest absolute Gasteiger partial charge is 0.478 e. The minimum Gasteiger partial charge on any atom is -0.478 e. The van der Waals surface area contributed by atoms with Crippen LogP contribution in [0.25, 0.3) is 16.6 Å². The fourth-order valence-electron chi connectivity index (χ4n) is 3.57. The average molecular weight is 364 g/mol. The zero-order valence-corrected chi connectivity index (χ0v) is 14.8. The van der Waals surface area contributed by atoms with Crippen LogP contribution in [-0.2, 0) is 0 Å². The number of carboxylic acids is 1. The van der Waals surface area contributed by atoms with Gasteiger partial charge in [-0.1, -0.05) is 0 Å². The summed E-state index contributed by atoms with van der Waals surface area (Å²) in [5.74, 6) is -1.45. The van der Waals surface area contributed by atoms with Gasteiger partial charge in [0.1, 0.15) is 0 Å². The fraction of sp³-hybridized carbons (Fsp3) is 0.250. The third-order valence-corrected chi connectivity index (χ3v) is 4.96. The molecule has 1 saturated heterocycles. The number of rotatable bonds is 4. The molecular weight excluding hydrogens is 344 g/mol. The monoisotopic (exact) mass is 364 g/mol. The molecule has 1 aromatic heterocycles. The van der Waals surface area contributed by atoms with Crippen LogP contribution in [-0.4, -0.2) is 39.9 Å². The van der Waals surface area contributed by atoms with Gasteiger partial charge in [-0.15, -0.1) is 0 Å². The third kappa shape index (κ3) is 3.23. The Kier molecular flexibility index (Phi) is 4.27. The molecule has 3 N–H and O–H groups in total. The van der Waals surface area contributed by atoms with Gasteiger partial charge in [-0.25, -0.2) is 9.48 Å². The first-order chi connectivity index (χ1) is 13.0. The van der Waals surface area contributed by atoms with E-state index >= 15 is 0 Å². The molecule has 0 bridgehead atoms. The molecule has 27 heavy (non-hydrogen) atoms. The van der Waals surface area contributed by atoms with E-state index in [2.05, 4.69) is 10.00 Å². The number of carbonyl (C=O) groups is 2. The first-order valence-electron chi connectivity index (χ1n) is 8.95. The Balaban J connectivity index is 1.75. The second-order valence-electron chi connectivity index (χ2n) is 6.77. The number of nitrogens with zero attached hydrogens (tertiary/aromatic N) is 3. The summed E-state index contributed by atoms with van der Waals surface area (Å²) in [7, 11) is 0. The second-order valence-corrected chi connectivity index (χ2v) is 6.77. The lowest BCUT2D eigenvalue weighted by atomic mass is 10.1. The van der Waals surface area contributed by atoms with E-state index in [0.29, 0.717) is 16.8 Å². The number of aromatic nitrogens is 2. The second kappa shape index (κ2) is 6.75. The Morgan fingerprint density at radius 2 is 1.81 bits per heavy atom. The molecule has 7 heteroatoms. The highest BCUT2D eigenvalue weighted by Crippen LogP contribution is 2.27. The number of carbonyl (C=O) groups excluding carboxylic acids is 1. The van der Waals surface area contributed by atoms with Gasteiger partial charge in [0.15, 0.2) is 0 Å². The highest BCUT2D eigenvalue weighted by atomic mass is 16.4. The van der Waals surface area contributed by atoms with Gasteiger partial charge in [0.2, 0.25) is 0 Å². The molecule has 1 amide bonds. The number of primary amides is 1. The van der Waals surface area contributed by atoms with Crippen LogP contribution in [0, 0.1) is 0 Å². The summed E-state index contributed by atoms with van der Waals surface area (Å²) in [6.45, 7) is 1.84. The molecule has 138 valence electrons. The molecule has 4 rings (SSSR count). The summed E-state index contributed by atoms with van der Waals surface area (Å²) in [4.78, 5) is 25.4. The van der Waals surface area contributed by atoms with E-state index in [1.54, 1.807) is 29.1 Å². The van der Waals surface area contributed by atoms with Crippen molar-refractivity contribution in [3.05, 3.63) is 53.7 Å². The van der Waals surface area contributed by atoms with E-state index in [1.165, 1.54) is 12.5 Å². The van der Waals surface area contributed by atoms with E-state index in [4.69, 9.17) is 10.8 Å². The first kappa shape index (κ1) is 17.1. The number of hydrogen-bond acceptors (Lipinski definition) is 4. The summed E-state index contributed by atoms with van der Waals surface area (Å²) >= 11 is 0. The summed E-state index contributed by atoms with van der Waals surface area (Å²) < 4.78 is 1.64. The molecule has 0 spiro atoms. The third-order valence-electron chi connectivity index (χ3n) is 4.96. The van der Waals surface area contributed by atoms with Crippen molar-refractivity contribution in [2.75, 3.05) is 18.0 Å². The lowest BCUT2D eigenvalue weighted by molar-refractivity contribution is 0.0697. The lowest BCUT2D eigenvalue weighted by Gasteiger charge is -2.30. The molecule has 1 aliphatic rings. The molecule has 0 radical (unpaired) electrons. The summed E-state index contributed by atoms with van der Waals surface area (Å²) in [5.41, 5.74) is 8.56. The minimum atomic E-state index is -0.980. The predicted molar refractivity (Wildman–Crippen MR) is 103 cm³/mol. The number of amides is 1. The minimum absolute atomic E-state index is 0.209. The Labute approximate surface area is 156 Å². The van der Waals surface area contributed by atoms with Crippen LogP contribution < -0.4 is 10.6 Å². The van der Waals surface area contributed by atoms with Crippen molar-refractivity contribution in [2.24, 2.45) is 5.73 Å². The Hall–Kier alpha value is -3.35. The smallest absolute Gasteiger partial charge is 0.335 e. The quantitative estimate of drug-likeness (QED) is 0.741. The van der Waals surface area contributed by atoms with Crippen molar-refractivity contribution >= 4 is 28.5 Å². The standard InChI is InChI=1S/C20H20N4O3/c21-19(25)16-11-15(5-7-18(16)23-8-2-1-3-9-23)24-12-14-10-13(20(26)27)4-6-17(14)22-24/h4-7,10-12H,1-3,8-9H2,(H2,21,25)(H,26,27). The number of hydrogen-bond donors (Lipinski definition) is 2. The van der Waals surface area contributed by atoms with Crippen LogP contribution in [0.5, 0.6) is 0 Å². The van der Waals surface area contributed by atoms with Crippen molar-refractivity contribution in [3.8, 4) is 5.69 Å². The Bertz CT molecular complexity index is 1030. The van der Waals surface area contributed by atoms with Crippen LogP contribution in [0.2, 0.25) is 0 Å². The topological polar surface area (TPSA) is 101 Å². The van der Waals surface area contributed by atoms with Crippen molar-refractivity contribution in [3.63, 3.8) is 0 Å². The van der Waals surface area contributed by atoms with Crippen LogP contribution in [0.15, 0.2) is 42.6 Å². The lowest BCUT2D eigenvalue weighted by Crippen LogP contribution is -2.31. The number of benzene rings is 2. The van der Waals surface area contributed by atoms with E-state index < -0.39 is 11.9 Å². The Morgan fingerprint density at radius 1 is 1.04 bits per heavy atom. The molecule has 3 aromatic rings. The maximum atomic E-state index is 12.0. The van der Waals surface area contributed by atoms with Gasteiger partial charge in [0.05, 0.1) is 22.3 Å². The highest BCUT2D eigenvalue weighted by Gasteiger charge is 2.18. The number of anilines is 1. The molecule has 2 heterocycles. The highest BCUT2D eigenvalue weighted by molar-refractivity contribution is 5.99. The maximum absolute atomic E-state index is 12.0. The number of piperidine rings is 1. The molecular formula is C20H20N4O3. The van der Waals surface area contributed by atoms with Gasteiger partial charge in [0.25, 0.3) is 5.91 Å². The van der Waals surface area contributed by atoms with Gasteiger partial charge < -0.3 is 15.7 Å². The van der Waals surface area contributed by atoms with E-state index in [1.807, 2.05) is 12.1 Å². The molecule has 1 fully saturated rings. The zero-order chi connectivity index (χ0) is 19.0. The van der Waals surface area contributed by atoms with Crippen LogP contribution in [0.4, 0.5) is 5.69 Å². The van der Waals surface area contributed by atoms with E-state index in [0.717, 1.165) is 37.0 Å². The van der Waals surface area contributed by atoms with Crippen molar-refractivity contribution in [1.29, 1.82) is 0 Å². The van der Waals surface area contributed by atoms with Crippen LogP contribution in [0.1, 0.15) is 40.0 Å². The van der Waals surface area contributed by atoms with E-state index in [-0.39, 0.29) is 5.56 Å². The van der Waals surface area contributed by atoms with Crippen molar-refractivity contribution < 1.29 is 14.7 Å². The van der Waals surface area contributed by atoms with E-state index in [9.17, 15) is 9.59 Å². The van der Waals surface area contributed by atoms with Crippen LogP contribution in [0.3, 0.4) is 0 Å². The number of nitrogens with two attached hydrogens (primary N) is 1. The molecule has 1 aliphatic heterocycles. The molecule has 2 aromatic carbocycles. The number of fused-ring (bicyclic) bond motifs is 1. The number of carboxylic acid groups (broad SMARTS) is 1. The molecule has 0 saturated carbocycles. The van der Waals surface area contributed by atoms with Gasteiger partial charge in [-0.3, -0.25) is 4.79 Å².